The van der Waals surface area contributed by atoms with Gasteiger partial charge in [0, 0.05) is 5.57 Å². The fourth-order valence-electron chi connectivity index (χ4n) is 1.06. The molecule has 0 aliphatic heterocycles. The first-order valence-electron chi connectivity index (χ1n) is 4.16. The van der Waals surface area contributed by atoms with Gasteiger partial charge < -0.3 is 0 Å². The van der Waals surface area contributed by atoms with E-state index < -0.39 is 0 Å². The maximum Gasteiger partial charge on any atom is 0.160 e. The average Bonchev–Trinajstić information content (AvgIpc) is 2.05. The van der Waals surface area contributed by atoms with E-state index >= 15 is 0 Å². The van der Waals surface area contributed by atoms with Gasteiger partial charge in [-0.15, -0.1) is 0 Å². The van der Waals surface area contributed by atoms with Crippen molar-refractivity contribution in [1.82, 2.24) is 0 Å². The van der Waals surface area contributed by atoms with E-state index in [1.165, 1.54) is 0 Å². The molecule has 0 unspecified atom stereocenters. The van der Waals surface area contributed by atoms with Gasteiger partial charge in [0.05, 0.1) is 0 Å². The highest BCUT2D eigenvalue weighted by atomic mass is 16.1. The fourth-order valence-corrected chi connectivity index (χ4v) is 1.06. The van der Waals surface area contributed by atoms with Crippen molar-refractivity contribution in [2.24, 2.45) is 0 Å². The van der Waals surface area contributed by atoms with Crippen molar-refractivity contribution in [2.75, 3.05) is 0 Å². The van der Waals surface area contributed by atoms with Crippen molar-refractivity contribution in [3.8, 4) is 0 Å². The molecule has 0 amide bonds. The van der Waals surface area contributed by atoms with Gasteiger partial charge in [-0.25, -0.2) is 0 Å². The van der Waals surface area contributed by atoms with Crippen molar-refractivity contribution in [1.29, 1.82) is 0 Å². The summed E-state index contributed by atoms with van der Waals surface area (Å²) in [4.78, 5) is 11.1. The summed E-state index contributed by atoms with van der Waals surface area (Å²) in [5, 5.41) is 0. The molecule has 1 nitrogen and oxygen atoms in total. The highest BCUT2D eigenvalue weighted by Gasteiger charge is 2.03. The Morgan fingerprint density at radius 1 is 1.50 bits per heavy atom. The minimum atomic E-state index is 0.102. The van der Waals surface area contributed by atoms with Crippen molar-refractivity contribution in [3.05, 3.63) is 36.0 Å². The van der Waals surface area contributed by atoms with Crippen molar-refractivity contribution < 1.29 is 4.79 Å². The van der Waals surface area contributed by atoms with E-state index in [4.69, 9.17) is 0 Å². The highest BCUT2D eigenvalue weighted by Crippen LogP contribution is 2.12. The zero-order chi connectivity index (χ0) is 9.56. The second-order valence-electron chi connectivity index (χ2n) is 2.55. The van der Waals surface area contributed by atoms with Gasteiger partial charge in [-0.1, -0.05) is 31.7 Å². The Hall–Kier alpha value is -1.11. The summed E-state index contributed by atoms with van der Waals surface area (Å²) in [5.74, 6) is 0.102. The highest BCUT2D eigenvalue weighted by molar-refractivity contribution is 5.97. The topological polar surface area (TPSA) is 17.1 Å². The number of allylic oxidation sites excluding steroid dienone is 5. The molecule has 0 saturated heterocycles. The van der Waals surface area contributed by atoms with Crippen LogP contribution in [-0.2, 0) is 4.79 Å². The van der Waals surface area contributed by atoms with Crippen LogP contribution in [0.4, 0.5) is 0 Å². The third kappa shape index (κ3) is 2.87. The van der Waals surface area contributed by atoms with E-state index in [1.54, 1.807) is 13.0 Å². The zero-order valence-corrected chi connectivity index (χ0v) is 8.05. The fraction of sp³-hybridized carbons (Fsp3) is 0.364. The average molecular weight is 164 g/mol. The lowest BCUT2D eigenvalue weighted by Crippen LogP contribution is -1.97. The Balaban J connectivity index is 5.02. The van der Waals surface area contributed by atoms with Crippen LogP contribution in [0, 0.1) is 0 Å². The van der Waals surface area contributed by atoms with Crippen LogP contribution in [0.25, 0.3) is 0 Å². The summed E-state index contributed by atoms with van der Waals surface area (Å²) in [6.45, 7) is 9.17. The molecular formula is C11H16O. The monoisotopic (exact) mass is 164 g/mol. The number of carbonyl (C=O) groups excluding carboxylic acids is 1. The van der Waals surface area contributed by atoms with Gasteiger partial charge in [0.1, 0.15) is 0 Å². The van der Waals surface area contributed by atoms with Gasteiger partial charge in [-0.05, 0) is 25.8 Å². The third-order valence-corrected chi connectivity index (χ3v) is 1.69. The van der Waals surface area contributed by atoms with Gasteiger partial charge in [-0.2, -0.15) is 0 Å². The molecule has 0 aliphatic rings. The zero-order valence-electron chi connectivity index (χ0n) is 8.05. The molecule has 0 aromatic carbocycles. The lowest BCUT2D eigenvalue weighted by atomic mass is 10.0. The van der Waals surface area contributed by atoms with E-state index in [1.807, 2.05) is 26.0 Å². The van der Waals surface area contributed by atoms with Crippen molar-refractivity contribution >= 4 is 5.78 Å². The van der Waals surface area contributed by atoms with Gasteiger partial charge in [-0.3, -0.25) is 4.79 Å². The molecule has 12 heavy (non-hydrogen) atoms. The molecule has 0 rings (SSSR count). The van der Waals surface area contributed by atoms with Crippen molar-refractivity contribution in [2.45, 2.75) is 27.2 Å². The van der Waals surface area contributed by atoms with E-state index in [-0.39, 0.29) is 5.78 Å². The third-order valence-electron chi connectivity index (χ3n) is 1.69. The first-order chi connectivity index (χ1) is 5.67. The molecule has 0 N–H and O–H groups in total. The minimum absolute atomic E-state index is 0.102. The summed E-state index contributed by atoms with van der Waals surface area (Å²) in [6, 6.07) is 0. The summed E-state index contributed by atoms with van der Waals surface area (Å²) in [5.41, 5.74) is 1.79. The van der Waals surface area contributed by atoms with Crippen LogP contribution in [0.5, 0.6) is 0 Å². The molecule has 0 aromatic heterocycles. The first-order valence-corrected chi connectivity index (χ1v) is 4.16. The number of hydrogen-bond acceptors (Lipinski definition) is 1. The second kappa shape index (κ2) is 5.53. The lowest BCUT2D eigenvalue weighted by Gasteiger charge is -2.02. The standard InChI is InChI=1S/C11H16O/c1-5-8-11(9(4)12)10(6-2)7-3/h5-6,8H,2,7H2,1,3-4H3/b8-5-,11-10-. The van der Waals surface area contributed by atoms with Crippen LogP contribution in [0.15, 0.2) is 36.0 Å². The number of rotatable bonds is 4. The smallest absolute Gasteiger partial charge is 0.160 e. The number of Topliss-reactive ketones (excluding diaryl/α,β-unsaturated/α-hetero) is 1. The Kier molecular flexibility index (Phi) is 5.02. The van der Waals surface area contributed by atoms with E-state index in [0.717, 1.165) is 17.6 Å². The van der Waals surface area contributed by atoms with E-state index in [2.05, 4.69) is 6.58 Å². The van der Waals surface area contributed by atoms with Crippen LogP contribution >= 0.6 is 0 Å². The normalized spacial score (nSPS) is 12.9. The SMILES string of the molecule is C=C/C(CC)=C(\C=C/C)C(C)=O. The summed E-state index contributed by atoms with van der Waals surface area (Å²) in [7, 11) is 0. The predicted molar refractivity (Wildman–Crippen MR) is 53.0 cm³/mol. The van der Waals surface area contributed by atoms with Crippen LogP contribution in [0.1, 0.15) is 27.2 Å². The van der Waals surface area contributed by atoms with E-state index in [0.29, 0.717) is 0 Å². The summed E-state index contributed by atoms with van der Waals surface area (Å²) < 4.78 is 0. The quantitative estimate of drug-likeness (QED) is 0.461. The molecular weight excluding hydrogens is 148 g/mol. The molecule has 0 aromatic rings. The molecule has 66 valence electrons. The second-order valence-corrected chi connectivity index (χ2v) is 2.55. The molecule has 0 fully saturated rings. The number of carbonyl (C=O) groups is 1. The maximum atomic E-state index is 11.1. The molecule has 0 heterocycles. The van der Waals surface area contributed by atoms with Crippen molar-refractivity contribution in [3.63, 3.8) is 0 Å². The maximum absolute atomic E-state index is 11.1. The van der Waals surface area contributed by atoms with Gasteiger partial charge >= 0.3 is 0 Å². The van der Waals surface area contributed by atoms with Crippen LogP contribution < -0.4 is 0 Å². The van der Waals surface area contributed by atoms with Crippen LogP contribution in [0.2, 0.25) is 0 Å². The molecule has 0 aliphatic carbocycles. The van der Waals surface area contributed by atoms with Crippen LogP contribution in [0.3, 0.4) is 0 Å². The number of hydrogen-bond donors (Lipinski definition) is 0. The Morgan fingerprint density at radius 2 is 2.08 bits per heavy atom. The lowest BCUT2D eigenvalue weighted by molar-refractivity contribution is -0.113. The van der Waals surface area contributed by atoms with Gasteiger partial charge in [0.25, 0.3) is 0 Å². The van der Waals surface area contributed by atoms with Gasteiger partial charge in [0.2, 0.25) is 0 Å². The summed E-state index contributed by atoms with van der Waals surface area (Å²) >= 11 is 0. The van der Waals surface area contributed by atoms with Crippen LogP contribution in [-0.4, -0.2) is 5.78 Å². The molecule has 0 spiro atoms. The molecule has 0 saturated carbocycles. The Bertz CT molecular complexity index is 231. The van der Waals surface area contributed by atoms with E-state index in [9.17, 15) is 4.79 Å². The largest absolute Gasteiger partial charge is 0.295 e. The Morgan fingerprint density at radius 3 is 2.33 bits per heavy atom. The number of ketones is 1. The molecule has 0 atom stereocenters. The Labute approximate surface area is 74.5 Å². The minimum Gasteiger partial charge on any atom is -0.295 e. The predicted octanol–water partition coefficient (Wildman–Crippen LogP) is 3.04. The van der Waals surface area contributed by atoms with Gasteiger partial charge in [0.15, 0.2) is 5.78 Å². The first kappa shape index (κ1) is 10.9. The summed E-state index contributed by atoms with van der Waals surface area (Å²) in [6.07, 6.45) is 6.30. The molecule has 0 bridgehead atoms. The molecule has 0 radical (unpaired) electrons. The molecule has 1 heteroatoms.